The SMILES string of the molecule is CCCC[C@H](CC)Cc1cccs1. The van der Waals surface area contributed by atoms with E-state index in [2.05, 4.69) is 31.4 Å². The number of rotatable bonds is 6. The molecule has 0 saturated heterocycles. The molecule has 0 nitrogen and oxygen atoms in total. The van der Waals surface area contributed by atoms with Crippen molar-refractivity contribution in [1.82, 2.24) is 0 Å². The summed E-state index contributed by atoms with van der Waals surface area (Å²) in [5.74, 6) is 0.915. The molecule has 1 aromatic rings. The first-order valence-corrected chi connectivity index (χ1v) is 6.27. The molecule has 0 aromatic carbocycles. The molecule has 1 rings (SSSR count). The van der Waals surface area contributed by atoms with Gasteiger partial charge in [0.05, 0.1) is 0 Å². The van der Waals surface area contributed by atoms with Gasteiger partial charge < -0.3 is 0 Å². The summed E-state index contributed by atoms with van der Waals surface area (Å²) in [5, 5.41) is 2.18. The van der Waals surface area contributed by atoms with E-state index in [4.69, 9.17) is 0 Å². The molecule has 0 aliphatic rings. The summed E-state index contributed by atoms with van der Waals surface area (Å²) in [6, 6.07) is 4.42. The first-order chi connectivity index (χ1) is 6.36. The molecule has 1 atom stereocenters. The molecular weight excluding hydrogens is 176 g/mol. The van der Waals surface area contributed by atoms with Crippen molar-refractivity contribution in [2.24, 2.45) is 5.92 Å². The lowest BCUT2D eigenvalue weighted by molar-refractivity contribution is 0.452. The van der Waals surface area contributed by atoms with E-state index in [0.29, 0.717) is 0 Å². The average molecular weight is 196 g/mol. The van der Waals surface area contributed by atoms with Gasteiger partial charge in [0.1, 0.15) is 0 Å². The standard InChI is InChI=1S/C12H20S/c1-3-5-7-11(4-2)10-12-8-6-9-13-12/h6,8-9,11H,3-5,7,10H2,1-2H3/t11-/m0/s1. The zero-order valence-electron chi connectivity index (χ0n) is 8.75. The molecule has 1 aromatic heterocycles. The molecule has 0 saturated carbocycles. The van der Waals surface area contributed by atoms with Gasteiger partial charge >= 0.3 is 0 Å². The summed E-state index contributed by atoms with van der Waals surface area (Å²) >= 11 is 1.90. The lowest BCUT2D eigenvalue weighted by atomic mass is 9.95. The Morgan fingerprint density at radius 2 is 2.23 bits per heavy atom. The summed E-state index contributed by atoms with van der Waals surface area (Å²) < 4.78 is 0. The van der Waals surface area contributed by atoms with Crippen LogP contribution in [0.2, 0.25) is 0 Å². The molecule has 0 aliphatic heterocycles. The minimum absolute atomic E-state index is 0.915. The van der Waals surface area contributed by atoms with Crippen LogP contribution in [0.25, 0.3) is 0 Å². The molecule has 0 bridgehead atoms. The van der Waals surface area contributed by atoms with Crippen molar-refractivity contribution in [2.75, 3.05) is 0 Å². The van der Waals surface area contributed by atoms with Crippen molar-refractivity contribution in [3.8, 4) is 0 Å². The minimum Gasteiger partial charge on any atom is -0.149 e. The largest absolute Gasteiger partial charge is 0.149 e. The highest BCUT2D eigenvalue weighted by molar-refractivity contribution is 7.09. The Kier molecular flexibility index (Phi) is 5.14. The van der Waals surface area contributed by atoms with E-state index in [1.54, 1.807) is 4.88 Å². The molecule has 1 heteroatoms. The van der Waals surface area contributed by atoms with Crippen LogP contribution in [0.3, 0.4) is 0 Å². The van der Waals surface area contributed by atoms with E-state index in [-0.39, 0.29) is 0 Å². The van der Waals surface area contributed by atoms with Gasteiger partial charge in [-0.15, -0.1) is 11.3 Å². The number of thiophene rings is 1. The third-order valence-corrected chi connectivity index (χ3v) is 3.51. The van der Waals surface area contributed by atoms with Gasteiger partial charge in [-0.1, -0.05) is 45.6 Å². The van der Waals surface area contributed by atoms with E-state index >= 15 is 0 Å². The van der Waals surface area contributed by atoms with Gasteiger partial charge in [0, 0.05) is 4.88 Å². The predicted octanol–water partition coefficient (Wildman–Crippen LogP) is 4.51. The van der Waals surface area contributed by atoms with Gasteiger partial charge in [0.2, 0.25) is 0 Å². The second-order valence-corrected chi connectivity index (χ2v) is 4.73. The van der Waals surface area contributed by atoms with Gasteiger partial charge in [-0.05, 0) is 23.8 Å². The van der Waals surface area contributed by atoms with E-state index in [0.717, 1.165) is 5.92 Å². The highest BCUT2D eigenvalue weighted by Gasteiger charge is 2.06. The van der Waals surface area contributed by atoms with E-state index in [9.17, 15) is 0 Å². The lowest BCUT2D eigenvalue weighted by Crippen LogP contribution is -2.01. The number of hydrogen-bond donors (Lipinski definition) is 0. The quantitative estimate of drug-likeness (QED) is 0.628. The molecular formula is C12H20S. The van der Waals surface area contributed by atoms with Crippen LogP contribution in [0.5, 0.6) is 0 Å². The molecule has 0 amide bonds. The maximum absolute atomic E-state index is 2.31. The predicted molar refractivity (Wildman–Crippen MR) is 61.3 cm³/mol. The van der Waals surface area contributed by atoms with Gasteiger partial charge in [-0.3, -0.25) is 0 Å². The fourth-order valence-corrected chi connectivity index (χ4v) is 2.48. The smallest absolute Gasteiger partial charge is 0.00479 e. The topological polar surface area (TPSA) is 0 Å². The van der Waals surface area contributed by atoms with Crippen molar-refractivity contribution in [2.45, 2.75) is 46.0 Å². The Morgan fingerprint density at radius 1 is 1.38 bits per heavy atom. The zero-order chi connectivity index (χ0) is 9.52. The highest BCUT2D eigenvalue weighted by Crippen LogP contribution is 2.21. The molecule has 74 valence electrons. The lowest BCUT2D eigenvalue weighted by Gasteiger charge is -2.12. The van der Waals surface area contributed by atoms with Crippen molar-refractivity contribution in [1.29, 1.82) is 0 Å². The molecule has 0 unspecified atom stereocenters. The third kappa shape index (κ3) is 3.95. The minimum atomic E-state index is 0.915. The average Bonchev–Trinajstić information content (AvgIpc) is 2.64. The van der Waals surface area contributed by atoms with Gasteiger partial charge in [-0.25, -0.2) is 0 Å². The summed E-state index contributed by atoms with van der Waals surface area (Å²) in [5.41, 5.74) is 0. The van der Waals surface area contributed by atoms with Crippen LogP contribution in [0.1, 0.15) is 44.4 Å². The molecule has 0 aliphatic carbocycles. The first-order valence-electron chi connectivity index (χ1n) is 5.39. The molecule has 1 heterocycles. The van der Waals surface area contributed by atoms with Gasteiger partial charge in [0.25, 0.3) is 0 Å². The fraction of sp³-hybridized carbons (Fsp3) is 0.667. The Balaban J connectivity index is 2.31. The summed E-state index contributed by atoms with van der Waals surface area (Å²) in [6.07, 6.45) is 6.77. The Labute approximate surface area is 86.0 Å². The summed E-state index contributed by atoms with van der Waals surface area (Å²) in [6.45, 7) is 4.59. The fourth-order valence-electron chi connectivity index (χ4n) is 1.66. The normalized spacial score (nSPS) is 13.1. The van der Waals surface area contributed by atoms with Crippen LogP contribution in [0.4, 0.5) is 0 Å². The zero-order valence-corrected chi connectivity index (χ0v) is 9.57. The number of unbranched alkanes of at least 4 members (excludes halogenated alkanes) is 1. The van der Waals surface area contributed by atoms with Crippen LogP contribution in [-0.2, 0) is 6.42 Å². The highest BCUT2D eigenvalue weighted by atomic mass is 32.1. The second kappa shape index (κ2) is 6.20. The monoisotopic (exact) mass is 196 g/mol. The Bertz CT molecular complexity index is 201. The number of hydrogen-bond acceptors (Lipinski definition) is 1. The molecule has 0 radical (unpaired) electrons. The summed E-state index contributed by atoms with van der Waals surface area (Å²) in [7, 11) is 0. The van der Waals surface area contributed by atoms with Crippen molar-refractivity contribution in [3.05, 3.63) is 22.4 Å². The van der Waals surface area contributed by atoms with Crippen LogP contribution in [0.15, 0.2) is 17.5 Å². The van der Waals surface area contributed by atoms with Crippen molar-refractivity contribution >= 4 is 11.3 Å². The summed E-state index contributed by atoms with van der Waals surface area (Å²) in [4.78, 5) is 1.56. The second-order valence-electron chi connectivity index (χ2n) is 3.70. The first kappa shape index (κ1) is 10.8. The molecule has 0 N–H and O–H groups in total. The van der Waals surface area contributed by atoms with E-state index in [1.165, 1.54) is 32.1 Å². The van der Waals surface area contributed by atoms with Gasteiger partial charge in [0.15, 0.2) is 0 Å². The van der Waals surface area contributed by atoms with E-state index in [1.807, 2.05) is 11.3 Å². The van der Waals surface area contributed by atoms with Crippen molar-refractivity contribution < 1.29 is 0 Å². The Hall–Kier alpha value is -0.300. The maximum atomic E-state index is 2.31. The van der Waals surface area contributed by atoms with Gasteiger partial charge in [-0.2, -0.15) is 0 Å². The van der Waals surface area contributed by atoms with Crippen LogP contribution >= 0.6 is 11.3 Å². The molecule has 0 fully saturated rings. The molecule has 13 heavy (non-hydrogen) atoms. The van der Waals surface area contributed by atoms with Crippen LogP contribution in [-0.4, -0.2) is 0 Å². The molecule has 0 spiro atoms. The third-order valence-electron chi connectivity index (χ3n) is 2.61. The van der Waals surface area contributed by atoms with E-state index < -0.39 is 0 Å². The van der Waals surface area contributed by atoms with Crippen LogP contribution < -0.4 is 0 Å². The Morgan fingerprint density at radius 3 is 2.77 bits per heavy atom. The van der Waals surface area contributed by atoms with Crippen molar-refractivity contribution in [3.63, 3.8) is 0 Å². The van der Waals surface area contributed by atoms with Crippen LogP contribution in [0, 0.1) is 5.92 Å². The maximum Gasteiger partial charge on any atom is 0.00479 e.